The van der Waals surface area contributed by atoms with Crippen LogP contribution in [0.1, 0.15) is 35.9 Å². The predicted octanol–water partition coefficient (Wildman–Crippen LogP) is 2.86. The number of aromatic nitrogens is 3. The van der Waals surface area contributed by atoms with Gasteiger partial charge in [0.25, 0.3) is 5.91 Å². The van der Waals surface area contributed by atoms with Gasteiger partial charge < -0.3 is 10.3 Å². The Labute approximate surface area is 180 Å². The second kappa shape index (κ2) is 8.32. The summed E-state index contributed by atoms with van der Waals surface area (Å²) in [6.07, 6.45) is 4.14. The summed E-state index contributed by atoms with van der Waals surface area (Å²) in [4.78, 5) is 24.6. The fourth-order valence-electron chi connectivity index (χ4n) is 3.46. The van der Waals surface area contributed by atoms with Crippen molar-refractivity contribution in [2.45, 2.75) is 25.8 Å². The Kier molecular flexibility index (Phi) is 5.57. The average Bonchev–Trinajstić information content (AvgIpc) is 3.17. The summed E-state index contributed by atoms with van der Waals surface area (Å²) in [5.41, 5.74) is 4.18. The summed E-state index contributed by atoms with van der Waals surface area (Å²) in [5, 5.41) is 12.4. The van der Waals surface area contributed by atoms with E-state index in [0.29, 0.717) is 17.8 Å². The molecule has 0 saturated carbocycles. The Morgan fingerprint density at radius 1 is 1.35 bits per heavy atom. The van der Waals surface area contributed by atoms with Crippen molar-refractivity contribution in [3.8, 4) is 17.3 Å². The highest BCUT2D eigenvalue weighted by Gasteiger charge is 2.19. The number of nitrogens with zero attached hydrogens (tertiary/aromatic N) is 3. The Hall–Kier alpha value is -3.51. The first kappa shape index (κ1) is 20.8. The number of fused-ring (bicyclic) bond motifs is 1. The van der Waals surface area contributed by atoms with Gasteiger partial charge in [-0.1, -0.05) is 12.1 Å². The molecular weight excluding hydrogens is 414 g/mol. The zero-order chi connectivity index (χ0) is 22.0. The van der Waals surface area contributed by atoms with Crippen LogP contribution in [0.2, 0.25) is 0 Å². The molecular formula is C22H21N5O3S. The molecule has 3 aromatic heterocycles. The Morgan fingerprint density at radius 3 is 2.94 bits per heavy atom. The maximum atomic E-state index is 12.4. The molecule has 0 aromatic carbocycles. The molecule has 9 heteroatoms. The maximum absolute atomic E-state index is 12.4. The highest BCUT2D eigenvalue weighted by Crippen LogP contribution is 2.28. The normalized spacial score (nSPS) is 16.3. The van der Waals surface area contributed by atoms with Gasteiger partial charge in [-0.15, -0.1) is 0 Å². The first-order chi connectivity index (χ1) is 14.8. The molecule has 3 aromatic rings. The molecule has 0 saturated heterocycles. The minimum atomic E-state index is -2.98. The number of carbonyl (C=O) groups is 1. The Morgan fingerprint density at radius 2 is 2.19 bits per heavy atom. The van der Waals surface area contributed by atoms with Crippen LogP contribution in [0.3, 0.4) is 0 Å². The summed E-state index contributed by atoms with van der Waals surface area (Å²) in [6.45, 7) is 1.77. The van der Waals surface area contributed by atoms with Crippen molar-refractivity contribution >= 4 is 32.4 Å². The van der Waals surface area contributed by atoms with Gasteiger partial charge in [0.05, 0.1) is 29.7 Å². The van der Waals surface area contributed by atoms with Crippen LogP contribution in [-0.2, 0) is 9.84 Å². The minimum Gasteiger partial charge on any atom is -0.347 e. The van der Waals surface area contributed by atoms with Crippen LogP contribution in [0.15, 0.2) is 42.6 Å². The molecule has 0 radical (unpaired) electrons. The van der Waals surface area contributed by atoms with Crippen molar-refractivity contribution in [3.63, 3.8) is 0 Å². The van der Waals surface area contributed by atoms with Crippen molar-refractivity contribution < 1.29 is 13.2 Å². The van der Waals surface area contributed by atoms with Crippen molar-refractivity contribution in [1.29, 1.82) is 5.26 Å². The molecule has 1 unspecified atom stereocenters. The monoisotopic (exact) mass is 435 g/mol. The quantitative estimate of drug-likeness (QED) is 0.634. The van der Waals surface area contributed by atoms with E-state index < -0.39 is 9.84 Å². The lowest BCUT2D eigenvalue weighted by molar-refractivity contribution is 0.0936. The van der Waals surface area contributed by atoms with Crippen LogP contribution < -0.4 is 5.32 Å². The van der Waals surface area contributed by atoms with E-state index in [0.717, 1.165) is 22.2 Å². The van der Waals surface area contributed by atoms with Crippen molar-refractivity contribution in [3.05, 3.63) is 54.0 Å². The van der Waals surface area contributed by atoms with Crippen molar-refractivity contribution in [1.82, 2.24) is 20.3 Å². The minimum absolute atomic E-state index is 0.0577. The van der Waals surface area contributed by atoms with Gasteiger partial charge in [0.2, 0.25) is 0 Å². The van der Waals surface area contributed by atoms with Gasteiger partial charge in [0, 0.05) is 28.9 Å². The van der Waals surface area contributed by atoms with Crippen LogP contribution in [0, 0.1) is 11.3 Å². The van der Waals surface area contributed by atoms with Crippen LogP contribution in [0.25, 0.3) is 27.9 Å². The first-order valence-electron chi connectivity index (χ1n) is 9.88. The molecule has 0 fully saturated rings. The molecule has 0 aliphatic carbocycles. The number of hydrogen-bond acceptors (Lipinski definition) is 6. The van der Waals surface area contributed by atoms with E-state index in [1.807, 2.05) is 18.2 Å². The van der Waals surface area contributed by atoms with E-state index in [1.54, 1.807) is 37.4 Å². The number of amides is 1. The molecule has 158 valence electrons. The molecule has 4 heterocycles. The molecule has 0 spiro atoms. The van der Waals surface area contributed by atoms with E-state index in [9.17, 15) is 13.2 Å². The number of carbonyl (C=O) groups excluding carboxylic acids is 1. The number of sulfone groups is 1. The van der Waals surface area contributed by atoms with Crippen molar-refractivity contribution in [2.24, 2.45) is 0 Å². The molecule has 8 nitrogen and oxygen atoms in total. The largest absolute Gasteiger partial charge is 0.347 e. The second-order valence-corrected chi connectivity index (χ2v) is 9.81. The number of allylic oxidation sites excluding steroid dienone is 1. The van der Waals surface area contributed by atoms with Gasteiger partial charge in [-0.05, 0) is 43.2 Å². The smallest absolute Gasteiger partial charge is 0.270 e. The summed E-state index contributed by atoms with van der Waals surface area (Å²) >= 11 is 0. The van der Waals surface area contributed by atoms with E-state index in [2.05, 4.69) is 20.3 Å². The van der Waals surface area contributed by atoms with Gasteiger partial charge in [0.15, 0.2) is 9.84 Å². The molecule has 2 N–H and O–H groups in total. The number of pyridine rings is 2. The lowest BCUT2D eigenvalue weighted by Crippen LogP contribution is -2.32. The van der Waals surface area contributed by atoms with Gasteiger partial charge in [-0.25, -0.2) is 18.4 Å². The predicted molar refractivity (Wildman–Crippen MR) is 118 cm³/mol. The fraction of sp³-hybridized carbons (Fsp3) is 0.273. The third-order valence-electron chi connectivity index (χ3n) is 5.13. The highest BCUT2D eigenvalue weighted by atomic mass is 32.2. The summed E-state index contributed by atoms with van der Waals surface area (Å²) in [5.74, 6) is -0.123. The van der Waals surface area contributed by atoms with Crippen LogP contribution >= 0.6 is 0 Å². The molecule has 1 atom stereocenters. The van der Waals surface area contributed by atoms with E-state index in [4.69, 9.17) is 5.26 Å². The zero-order valence-corrected chi connectivity index (χ0v) is 17.7. The van der Waals surface area contributed by atoms with Gasteiger partial charge in [0.1, 0.15) is 11.3 Å². The van der Waals surface area contributed by atoms with E-state index in [1.165, 1.54) is 0 Å². The summed E-state index contributed by atoms with van der Waals surface area (Å²) in [7, 11) is -2.98. The topological polar surface area (TPSA) is 129 Å². The highest BCUT2D eigenvalue weighted by molar-refractivity contribution is 7.91. The van der Waals surface area contributed by atoms with Crippen molar-refractivity contribution in [2.75, 3.05) is 11.5 Å². The average molecular weight is 436 g/mol. The summed E-state index contributed by atoms with van der Waals surface area (Å²) < 4.78 is 23.3. The number of hydrogen-bond donors (Lipinski definition) is 2. The fourth-order valence-corrected chi connectivity index (χ4v) is 4.61. The van der Waals surface area contributed by atoms with E-state index in [-0.39, 0.29) is 35.6 Å². The molecule has 1 aliphatic heterocycles. The Bertz CT molecular complexity index is 1330. The number of nitriles is 1. The molecule has 0 bridgehead atoms. The zero-order valence-electron chi connectivity index (χ0n) is 16.9. The number of rotatable bonds is 5. The van der Waals surface area contributed by atoms with Gasteiger partial charge in [-0.2, -0.15) is 5.26 Å². The third kappa shape index (κ3) is 4.64. The van der Waals surface area contributed by atoms with Crippen LogP contribution in [0.5, 0.6) is 0 Å². The maximum Gasteiger partial charge on any atom is 0.270 e. The Balaban J connectivity index is 1.60. The molecule has 4 rings (SSSR count). The SMILES string of the molecule is CC(CC#N)NC(=O)c1cccc(-c2cnc3[nH]c(C4=CCS(=O)(=O)CC4)cc3c2)n1. The number of aromatic amines is 1. The van der Waals surface area contributed by atoms with Gasteiger partial charge in [-0.3, -0.25) is 4.79 Å². The third-order valence-corrected chi connectivity index (χ3v) is 6.64. The standard InChI is InChI=1S/C22H21N5O3S/c1-14(5-8-23)25-22(28)19-4-2-3-18(26-19)17-11-16-12-20(27-21(16)24-13-17)15-6-9-31(29,30)10-7-15/h2-4,6,11-14H,5,7,9-10H2,1H3,(H,24,27)(H,25,28). The lowest BCUT2D eigenvalue weighted by atomic mass is 10.1. The first-order valence-corrected chi connectivity index (χ1v) is 11.7. The molecule has 1 aliphatic rings. The number of nitrogens with one attached hydrogen (secondary N) is 2. The number of H-pyrrole nitrogens is 1. The molecule has 31 heavy (non-hydrogen) atoms. The van der Waals surface area contributed by atoms with Crippen LogP contribution in [0.4, 0.5) is 0 Å². The van der Waals surface area contributed by atoms with E-state index >= 15 is 0 Å². The molecule has 1 amide bonds. The lowest BCUT2D eigenvalue weighted by Gasteiger charge is -2.11. The van der Waals surface area contributed by atoms with Gasteiger partial charge >= 0.3 is 0 Å². The second-order valence-electron chi connectivity index (χ2n) is 7.58. The summed E-state index contributed by atoms with van der Waals surface area (Å²) in [6, 6.07) is 10.8. The van der Waals surface area contributed by atoms with Crippen LogP contribution in [-0.4, -0.2) is 46.8 Å².